The number of nitrogens with zero attached hydrogens (tertiary/aromatic N) is 1. The van der Waals surface area contributed by atoms with E-state index in [0.29, 0.717) is 0 Å². The standard InChI is InChI=1S/C17H28N2O7/c1-16(2,3)25-12(22)9-19-10(7-8-11(20)21)13(14(19)23)18-15(24)26-17(4,5)6/h10,13H,7-9H2,1-6H3,(H,18,24)(H,20,21)/t10-,13+/m0/s1. The van der Waals surface area contributed by atoms with Crippen LogP contribution in [0, 0.1) is 0 Å². The number of β-lactam (4-membered cyclic amide) rings is 1. The van der Waals surface area contributed by atoms with Gasteiger partial charge in [-0.05, 0) is 48.0 Å². The van der Waals surface area contributed by atoms with Crippen LogP contribution in [-0.2, 0) is 23.9 Å². The highest BCUT2D eigenvalue weighted by molar-refractivity contribution is 5.94. The average Bonchev–Trinajstić information content (AvgIpc) is 2.40. The van der Waals surface area contributed by atoms with Gasteiger partial charge in [0, 0.05) is 6.42 Å². The third-order valence-corrected chi connectivity index (χ3v) is 3.38. The molecule has 1 fully saturated rings. The molecule has 26 heavy (non-hydrogen) atoms. The molecule has 2 atom stereocenters. The Bertz CT molecular complexity index is 535. The number of likely N-dealkylation sites (tertiary alicyclic amines) is 1. The molecule has 0 aliphatic carbocycles. The summed E-state index contributed by atoms with van der Waals surface area (Å²) in [5.74, 6) is -2.10. The minimum atomic E-state index is -1.03. The average molecular weight is 372 g/mol. The highest BCUT2D eigenvalue weighted by atomic mass is 16.6. The topological polar surface area (TPSA) is 122 Å². The minimum absolute atomic E-state index is 0.102. The molecule has 1 heterocycles. The van der Waals surface area contributed by atoms with Gasteiger partial charge in [0.05, 0.1) is 6.04 Å². The molecule has 9 nitrogen and oxygen atoms in total. The summed E-state index contributed by atoms with van der Waals surface area (Å²) >= 11 is 0. The zero-order valence-corrected chi connectivity index (χ0v) is 16.1. The molecule has 2 amide bonds. The molecule has 0 radical (unpaired) electrons. The van der Waals surface area contributed by atoms with Crippen LogP contribution in [0.15, 0.2) is 0 Å². The molecule has 148 valence electrons. The Labute approximate surface area is 153 Å². The monoisotopic (exact) mass is 372 g/mol. The van der Waals surface area contributed by atoms with E-state index in [1.54, 1.807) is 41.5 Å². The summed E-state index contributed by atoms with van der Waals surface area (Å²) in [4.78, 5) is 48.3. The van der Waals surface area contributed by atoms with Gasteiger partial charge in [-0.3, -0.25) is 14.4 Å². The van der Waals surface area contributed by atoms with Crippen molar-refractivity contribution in [3.05, 3.63) is 0 Å². The van der Waals surface area contributed by atoms with Crippen molar-refractivity contribution in [1.82, 2.24) is 10.2 Å². The van der Waals surface area contributed by atoms with Gasteiger partial charge < -0.3 is 24.8 Å². The first-order valence-corrected chi connectivity index (χ1v) is 8.43. The van der Waals surface area contributed by atoms with E-state index in [2.05, 4.69) is 5.32 Å². The molecule has 0 aromatic heterocycles. The lowest BCUT2D eigenvalue weighted by Crippen LogP contribution is -2.71. The Kier molecular flexibility index (Phi) is 6.62. The number of amides is 2. The molecule has 0 saturated carbocycles. The third kappa shape index (κ3) is 6.89. The number of carbonyl (C=O) groups excluding carboxylic acids is 3. The lowest BCUT2D eigenvalue weighted by Gasteiger charge is -2.46. The summed E-state index contributed by atoms with van der Waals surface area (Å²) in [6, 6.07) is -1.54. The fourth-order valence-corrected chi connectivity index (χ4v) is 2.50. The van der Waals surface area contributed by atoms with Crippen LogP contribution in [0.25, 0.3) is 0 Å². The zero-order chi connectivity index (χ0) is 20.3. The maximum absolute atomic E-state index is 12.3. The molecule has 0 unspecified atom stereocenters. The summed E-state index contributed by atoms with van der Waals surface area (Å²) < 4.78 is 10.3. The molecule has 1 aliphatic heterocycles. The van der Waals surface area contributed by atoms with Crippen molar-refractivity contribution >= 4 is 23.9 Å². The first kappa shape index (κ1) is 21.7. The van der Waals surface area contributed by atoms with Gasteiger partial charge in [0.1, 0.15) is 23.8 Å². The van der Waals surface area contributed by atoms with Crippen molar-refractivity contribution in [2.75, 3.05) is 6.54 Å². The van der Waals surface area contributed by atoms with Gasteiger partial charge in [-0.1, -0.05) is 0 Å². The smallest absolute Gasteiger partial charge is 0.408 e. The summed E-state index contributed by atoms with van der Waals surface area (Å²) in [6.07, 6.45) is -0.868. The van der Waals surface area contributed by atoms with E-state index in [9.17, 15) is 19.2 Å². The van der Waals surface area contributed by atoms with Gasteiger partial charge in [0.25, 0.3) is 0 Å². The first-order valence-electron chi connectivity index (χ1n) is 8.43. The minimum Gasteiger partial charge on any atom is -0.481 e. The predicted molar refractivity (Wildman–Crippen MR) is 91.4 cm³/mol. The number of carboxylic acid groups (broad SMARTS) is 1. The van der Waals surface area contributed by atoms with Crippen LogP contribution in [0.3, 0.4) is 0 Å². The van der Waals surface area contributed by atoms with Crippen molar-refractivity contribution in [2.45, 2.75) is 77.7 Å². The van der Waals surface area contributed by atoms with E-state index >= 15 is 0 Å². The Morgan fingerprint density at radius 1 is 1.08 bits per heavy atom. The molecular formula is C17H28N2O7. The number of alkyl carbamates (subject to hydrolysis) is 1. The normalized spacial score (nSPS) is 20.2. The molecular weight excluding hydrogens is 344 g/mol. The van der Waals surface area contributed by atoms with Gasteiger partial charge >= 0.3 is 18.0 Å². The Hall–Kier alpha value is -2.32. The van der Waals surface area contributed by atoms with E-state index in [1.165, 1.54) is 4.90 Å². The summed E-state index contributed by atoms with van der Waals surface area (Å²) in [5, 5.41) is 11.3. The summed E-state index contributed by atoms with van der Waals surface area (Å²) in [5.41, 5.74) is -1.43. The Morgan fingerprint density at radius 3 is 2.08 bits per heavy atom. The Morgan fingerprint density at radius 2 is 1.62 bits per heavy atom. The van der Waals surface area contributed by atoms with E-state index < -0.39 is 47.2 Å². The van der Waals surface area contributed by atoms with Gasteiger partial charge in [0.2, 0.25) is 5.91 Å². The molecule has 1 saturated heterocycles. The second-order valence-electron chi connectivity index (χ2n) is 8.18. The van der Waals surface area contributed by atoms with Gasteiger partial charge in [-0.2, -0.15) is 0 Å². The lowest BCUT2D eigenvalue weighted by atomic mass is 9.91. The molecule has 0 bridgehead atoms. The molecule has 0 spiro atoms. The van der Waals surface area contributed by atoms with Crippen LogP contribution in [0.2, 0.25) is 0 Å². The van der Waals surface area contributed by atoms with Gasteiger partial charge in [-0.25, -0.2) is 4.79 Å². The summed E-state index contributed by atoms with van der Waals surface area (Å²) in [6.45, 7) is 9.88. The van der Waals surface area contributed by atoms with Crippen LogP contribution in [0.1, 0.15) is 54.4 Å². The number of carboxylic acids is 1. The molecule has 1 aliphatic rings. The van der Waals surface area contributed by atoms with Crippen LogP contribution >= 0.6 is 0 Å². The van der Waals surface area contributed by atoms with Crippen LogP contribution in [0.5, 0.6) is 0 Å². The molecule has 0 aromatic carbocycles. The quantitative estimate of drug-likeness (QED) is 0.532. The highest BCUT2D eigenvalue weighted by Gasteiger charge is 2.49. The Balaban J connectivity index is 2.76. The van der Waals surface area contributed by atoms with Crippen molar-refractivity contribution < 1.29 is 33.8 Å². The number of esters is 1. The van der Waals surface area contributed by atoms with E-state index in [-0.39, 0.29) is 19.4 Å². The molecule has 1 rings (SSSR count). The second-order valence-corrected chi connectivity index (χ2v) is 8.18. The number of rotatable bonds is 6. The largest absolute Gasteiger partial charge is 0.481 e. The van der Waals surface area contributed by atoms with Crippen molar-refractivity contribution in [2.24, 2.45) is 0 Å². The third-order valence-electron chi connectivity index (χ3n) is 3.38. The molecule has 9 heteroatoms. The van der Waals surface area contributed by atoms with Crippen molar-refractivity contribution in [3.63, 3.8) is 0 Å². The maximum atomic E-state index is 12.3. The number of hydrogen-bond donors (Lipinski definition) is 2. The maximum Gasteiger partial charge on any atom is 0.408 e. The molecule has 2 N–H and O–H groups in total. The van der Waals surface area contributed by atoms with E-state index in [0.717, 1.165) is 0 Å². The van der Waals surface area contributed by atoms with Crippen LogP contribution in [0.4, 0.5) is 4.79 Å². The van der Waals surface area contributed by atoms with Crippen molar-refractivity contribution in [1.29, 1.82) is 0 Å². The van der Waals surface area contributed by atoms with Gasteiger partial charge in [0.15, 0.2) is 0 Å². The fourth-order valence-electron chi connectivity index (χ4n) is 2.50. The number of hydrogen-bond acceptors (Lipinski definition) is 6. The van der Waals surface area contributed by atoms with Crippen LogP contribution < -0.4 is 5.32 Å². The van der Waals surface area contributed by atoms with Gasteiger partial charge in [-0.15, -0.1) is 0 Å². The number of aliphatic carboxylic acids is 1. The lowest BCUT2D eigenvalue weighted by molar-refractivity contribution is -0.167. The number of carbonyl (C=O) groups is 4. The number of nitrogens with one attached hydrogen (secondary N) is 1. The predicted octanol–water partition coefficient (Wildman–Crippen LogP) is 1.30. The van der Waals surface area contributed by atoms with E-state index in [1.807, 2.05) is 0 Å². The van der Waals surface area contributed by atoms with Crippen molar-refractivity contribution in [3.8, 4) is 0 Å². The fraction of sp³-hybridized carbons (Fsp3) is 0.765. The first-order chi connectivity index (χ1) is 11.7. The highest BCUT2D eigenvalue weighted by Crippen LogP contribution is 2.25. The van der Waals surface area contributed by atoms with E-state index in [4.69, 9.17) is 14.6 Å². The number of ether oxygens (including phenoxy) is 2. The second kappa shape index (κ2) is 7.92. The SMILES string of the molecule is CC(C)(C)OC(=O)CN1C(=O)[C@H](NC(=O)OC(C)(C)C)[C@@H]1CCC(=O)O. The zero-order valence-electron chi connectivity index (χ0n) is 16.1. The van der Waals surface area contributed by atoms with Crippen LogP contribution in [-0.4, -0.2) is 63.8 Å². The molecule has 0 aromatic rings. The summed E-state index contributed by atoms with van der Waals surface area (Å²) in [7, 11) is 0.